The lowest BCUT2D eigenvalue weighted by Crippen LogP contribution is -2.30. The van der Waals surface area contributed by atoms with Crippen LogP contribution in [0.1, 0.15) is 32.1 Å². The first-order valence-electron chi connectivity index (χ1n) is 12.2. The van der Waals surface area contributed by atoms with Crippen molar-refractivity contribution in [3.63, 3.8) is 0 Å². The average Bonchev–Trinajstić information content (AvgIpc) is 3.58. The number of para-hydroxylation sites is 4. The maximum absolute atomic E-state index is 6.83. The van der Waals surface area contributed by atoms with Crippen LogP contribution in [0, 0.1) is 0 Å². The number of ether oxygens (including phenoxy) is 1. The van der Waals surface area contributed by atoms with Crippen LogP contribution >= 0.6 is 15.9 Å². The Morgan fingerprint density at radius 3 is 1.71 bits per heavy atom. The zero-order chi connectivity index (χ0) is 23.8. The summed E-state index contributed by atoms with van der Waals surface area (Å²) in [6.45, 7) is 0. The molecule has 7 heteroatoms. The number of nitrogens with zero attached hydrogens (tertiary/aromatic N) is 5. The number of aromatic nitrogens is 5. The number of rotatable bonds is 4. The van der Waals surface area contributed by atoms with Gasteiger partial charge in [0.2, 0.25) is 0 Å². The van der Waals surface area contributed by atoms with Crippen molar-refractivity contribution < 1.29 is 4.74 Å². The van der Waals surface area contributed by atoms with Crippen LogP contribution in [0.2, 0.25) is 0 Å². The van der Waals surface area contributed by atoms with Crippen molar-refractivity contribution in [1.82, 2.24) is 24.1 Å². The van der Waals surface area contributed by atoms with E-state index in [1.54, 1.807) is 0 Å². The lowest BCUT2D eigenvalue weighted by atomic mass is 9.97. The summed E-state index contributed by atoms with van der Waals surface area (Å²) in [6, 6.07) is 20.5. The van der Waals surface area contributed by atoms with E-state index in [4.69, 9.17) is 19.7 Å². The summed E-state index contributed by atoms with van der Waals surface area (Å²) in [5, 5.41) is 0. The number of hydrogen-bond donors (Lipinski definition) is 0. The second-order valence-electron chi connectivity index (χ2n) is 10.2. The molecule has 2 bridgehead atoms. The normalized spacial score (nSPS) is 23.5. The highest BCUT2D eigenvalue weighted by atomic mass is 79.9. The molecule has 3 aromatic heterocycles. The molecule has 7 rings (SSSR count). The summed E-state index contributed by atoms with van der Waals surface area (Å²) in [7, 11) is 4.08. The third kappa shape index (κ3) is 3.32. The van der Waals surface area contributed by atoms with Crippen molar-refractivity contribution in [1.29, 1.82) is 0 Å². The maximum Gasteiger partial charge on any atom is 0.159 e. The average molecular weight is 528 g/mol. The van der Waals surface area contributed by atoms with Crippen LogP contribution < -0.4 is 4.74 Å². The zero-order valence-electron chi connectivity index (χ0n) is 19.8. The van der Waals surface area contributed by atoms with Crippen molar-refractivity contribution in [2.75, 3.05) is 0 Å². The molecule has 35 heavy (non-hydrogen) atoms. The minimum atomic E-state index is -0.113. The van der Waals surface area contributed by atoms with Crippen molar-refractivity contribution in [2.45, 2.75) is 42.0 Å². The molecule has 2 saturated carbocycles. The topological polar surface area (TPSA) is 57.8 Å². The molecule has 0 aliphatic heterocycles. The first-order chi connectivity index (χ1) is 16.9. The van der Waals surface area contributed by atoms with Gasteiger partial charge in [-0.2, -0.15) is 0 Å². The smallest absolute Gasteiger partial charge is 0.159 e. The lowest BCUT2D eigenvalue weighted by Gasteiger charge is -2.28. The third-order valence-corrected chi connectivity index (χ3v) is 8.94. The predicted molar refractivity (Wildman–Crippen MR) is 142 cm³/mol. The Labute approximate surface area is 212 Å². The highest BCUT2D eigenvalue weighted by Gasteiger charge is 2.54. The summed E-state index contributed by atoms with van der Waals surface area (Å²) in [4.78, 5) is 14.9. The Morgan fingerprint density at radius 1 is 0.743 bits per heavy atom. The van der Waals surface area contributed by atoms with Crippen LogP contribution in [0.4, 0.5) is 0 Å². The Bertz CT molecular complexity index is 1510. The number of pyridine rings is 1. The van der Waals surface area contributed by atoms with Crippen LogP contribution in [0.3, 0.4) is 0 Å². The number of imidazole rings is 2. The van der Waals surface area contributed by atoms with E-state index in [9.17, 15) is 0 Å². The van der Waals surface area contributed by atoms with Crippen molar-refractivity contribution >= 4 is 38.0 Å². The molecule has 2 fully saturated rings. The van der Waals surface area contributed by atoms with Gasteiger partial charge in [-0.3, -0.25) is 0 Å². The molecular formula is C28H26BrN5O. The van der Waals surface area contributed by atoms with Crippen molar-refractivity contribution in [3.05, 3.63) is 60.7 Å². The number of hydrogen-bond acceptors (Lipinski definition) is 4. The van der Waals surface area contributed by atoms with Gasteiger partial charge in [0.15, 0.2) is 11.6 Å². The van der Waals surface area contributed by atoms with Gasteiger partial charge >= 0.3 is 0 Å². The molecule has 2 aliphatic carbocycles. The zero-order valence-corrected chi connectivity index (χ0v) is 21.4. The number of aryl methyl sites for hydroxylation is 2. The number of benzene rings is 2. The van der Waals surface area contributed by atoms with Crippen LogP contribution in [-0.4, -0.2) is 34.0 Å². The van der Waals surface area contributed by atoms with E-state index < -0.39 is 0 Å². The highest BCUT2D eigenvalue weighted by Crippen LogP contribution is 2.57. The molecule has 0 atom stereocenters. The number of fused-ring (bicyclic) bond motifs is 4. The third-order valence-electron chi connectivity index (χ3n) is 7.86. The molecule has 2 aromatic carbocycles. The fourth-order valence-corrected chi connectivity index (χ4v) is 6.92. The van der Waals surface area contributed by atoms with Gasteiger partial charge in [0.05, 0.1) is 22.1 Å². The van der Waals surface area contributed by atoms with Crippen LogP contribution in [0.5, 0.6) is 5.75 Å². The van der Waals surface area contributed by atoms with Gasteiger partial charge in [0.1, 0.15) is 22.7 Å². The quantitative estimate of drug-likeness (QED) is 0.253. The monoisotopic (exact) mass is 527 g/mol. The van der Waals surface area contributed by atoms with Gasteiger partial charge < -0.3 is 13.9 Å². The number of alkyl halides is 1. The molecule has 0 N–H and O–H groups in total. The molecule has 0 amide bonds. The van der Waals surface area contributed by atoms with E-state index in [0.29, 0.717) is 0 Å². The first-order valence-corrected chi connectivity index (χ1v) is 13.0. The summed E-state index contributed by atoms with van der Waals surface area (Å²) in [6.07, 6.45) is 5.51. The van der Waals surface area contributed by atoms with E-state index in [1.807, 2.05) is 50.5 Å². The van der Waals surface area contributed by atoms with Gasteiger partial charge in [-0.1, -0.05) is 40.2 Å². The van der Waals surface area contributed by atoms with E-state index >= 15 is 0 Å². The van der Waals surface area contributed by atoms with Gasteiger partial charge in [0.25, 0.3) is 0 Å². The molecule has 5 aromatic rings. The molecule has 2 aliphatic rings. The van der Waals surface area contributed by atoms with Gasteiger partial charge in [-0.05, 0) is 49.9 Å². The summed E-state index contributed by atoms with van der Waals surface area (Å²) < 4.78 is 11.3. The second kappa shape index (κ2) is 7.40. The summed E-state index contributed by atoms with van der Waals surface area (Å²) >= 11 is 3.98. The minimum absolute atomic E-state index is 0.113. The second-order valence-corrected chi connectivity index (χ2v) is 11.8. The molecule has 6 nitrogen and oxygen atoms in total. The van der Waals surface area contributed by atoms with Crippen LogP contribution in [-0.2, 0) is 14.1 Å². The van der Waals surface area contributed by atoms with Gasteiger partial charge in [-0.25, -0.2) is 15.0 Å². The maximum atomic E-state index is 6.83. The number of halogens is 1. The fourth-order valence-electron chi connectivity index (χ4n) is 6.02. The molecule has 0 radical (unpaired) electrons. The molecule has 0 saturated heterocycles. The molecule has 3 heterocycles. The Balaban J connectivity index is 1.40. The Morgan fingerprint density at radius 2 is 1.26 bits per heavy atom. The lowest BCUT2D eigenvalue weighted by molar-refractivity contribution is 0.0803. The van der Waals surface area contributed by atoms with Gasteiger partial charge in [-0.15, -0.1) is 0 Å². The highest BCUT2D eigenvalue weighted by molar-refractivity contribution is 9.10. The molecule has 0 unspecified atom stereocenters. The predicted octanol–water partition coefficient (Wildman–Crippen LogP) is 6.42. The summed E-state index contributed by atoms with van der Waals surface area (Å²) in [5.74, 6) is 2.48. The molecular weight excluding hydrogens is 502 g/mol. The standard InChI is InChI=1S/C28H26BrN5O/c1-33-23-9-5-3-7-19(23)31-25(33)21-15-18(35-28-13-11-27(29,17-28)12-14-28)16-22(30-21)26-32-20-8-4-6-10-24(20)34(26)2/h3-10,15-16H,11-14,17H2,1-2H3. The van der Waals surface area contributed by atoms with Gasteiger partial charge in [0, 0.05) is 37.0 Å². The molecule has 176 valence electrons. The SMILES string of the molecule is Cn1c(-c2cc(OC34CCC(Br)(CC3)C4)cc(-c3nc4ccccc4n3C)n2)nc2ccccc21. The Kier molecular flexibility index (Phi) is 4.47. The Hall–Kier alpha value is -3.19. The first kappa shape index (κ1) is 21.1. The van der Waals surface area contributed by atoms with E-state index in [2.05, 4.69) is 49.3 Å². The molecule has 0 spiro atoms. The van der Waals surface area contributed by atoms with E-state index in [0.717, 1.165) is 83.0 Å². The van der Waals surface area contributed by atoms with E-state index in [1.165, 1.54) is 0 Å². The van der Waals surface area contributed by atoms with Crippen molar-refractivity contribution in [3.8, 4) is 28.8 Å². The van der Waals surface area contributed by atoms with Crippen LogP contribution in [0.25, 0.3) is 45.1 Å². The minimum Gasteiger partial charge on any atom is -0.487 e. The summed E-state index contributed by atoms with van der Waals surface area (Å²) in [5.41, 5.74) is 5.54. The van der Waals surface area contributed by atoms with Crippen LogP contribution in [0.15, 0.2) is 60.7 Å². The van der Waals surface area contributed by atoms with Crippen molar-refractivity contribution in [2.24, 2.45) is 14.1 Å². The largest absolute Gasteiger partial charge is 0.487 e. The van der Waals surface area contributed by atoms with E-state index in [-0.39, 0.29) is 9.93 Å². The fraction of sp³-hybridized carbons (Fsp3) is 0.321.